The first-order chi connectivity index (χ1) is 16.3. The monoisotopic (exact) mass is 505 g/mol. The lowest BCUT2D eigenvalue weighted by molar-refractivity contribution is 0.579. The molecule has 0 radical (unpaired) electrons. The molecule has 0 saturated carbocycles. The van der Waals surface area contributed by atoms with E-state index in [1.807, 2.05) is 60.1 Å². The van der Waals surface area contributed by atoms with E-state index in [4.69, 9.17) is 23.2 Å². The van der Waals surface area contributed by atoms with E-state index in [0.717, 1.165) is 37.7 Å². The maximum absolute atomic E-state index is 12.7. The summed E-state index contributed by atoms with van der Waals surface area (Å²) in [5, 5.41) is 4.33. The van der Waals surface area contributed by atoms with Gasteiger partial charge in [0.2, 0.25) is 0 Å². The Morgan fingerprint density at radius 1 is 0.882 bits per heavy atom. The van der Waals surface area contributed by atoms with Gasteiger partial charge in [-0.25, -0.2) is 4.98 Å². The number of benzene rings is 3. The summed E-state index contributed by atoms with van der Waals surface area (Å²) >= 11 is 12.4. The lowest BCUT2D eigenvalue weighted by Crippen LogP contribution is -2.69. The van der Waals surface area contributed by atoms with Gasteiger partial charge in [-0.2, -0.15) is 0 Å². The number of hydrogen-bond acceptors (Lipinski definition) is 3. The van der Waals surface area contributed by atoms with Crippen molar-refractivity contribution in [2.75, 3.05) is 0 Å². The van der Waals surface area contributed by atoms with Crippen LogP contribution < -0.4 is 21.2 Å². The van der Waals surface area contributed by atoms with Crippen molar-refractivity contribution in [1.29, 1.82) is 0 Å². The van der Waals surface area contributed by atoms with Crippen LogP contribution in [0.1, 0.15) is 0 Å². The van der Waals surface area contributed by atoms with Crippen LogP contribution in [0.4, 0.5) is 0 Å². The van der Waals surface area contributed by atoms with Gasteiger partial charge in [-0.05, 0) is 57.9 Å². The summed E-state index contributed by atoms with van der Waals surface area (Å²) in [6.07, 6.45) is 3.40. The number of hydrogen-bond donors (Lipinski definition) is 1. The van der Waals surface area contributed by atoms with Crippen molar-refractivity contribution in [3.8, 4) is 11.1 Å². The van der Waals surface area contributed by atoms with Crippen LogP contribution in [0.5, 0.6) is 0 Å². The fraction of sp³-hybridized carbons (Fsp3) is 0.0769. The number of fused-ring (bicyclic) bond motifs is 1. The Labute approximate surface area is 207 Å². The number of imidazole rings is 1. The second kappa shape index (κ2) is 8.56. The van der Waals surface area contributed by atoms with Crippen molar-refractivity contribution < 1.29 is 4.80 Å². The van der Waals surface area contributed by atoms with E-state index in [2.05, 4.69) is 4.98 Å². The Morgan fingerprint density at radius 3 is 2.29 bits per heavy atom. The largest absolute Gasteiger partial charge is 0.420 e. The molecule has 5 aromatic rings. The highest BCUT2D eigenvalue weighted by Gasteiger charge is 2.41. The summed E-state index contributed by atoms with van der Waals surface area (Å²) < 4.78 is 3.46. The lowest BCUT2D eigenvalue weighted by Gasteiger charge is -2.27. The van der Waals surface area contributed by atoms with E-state index in [0.29, 0.717) is 10.0 Å². The van der Waals surface area contributed by atoms with Crippen molar-refractivity contribution in [3.63, 3.8) is 0 Å². The minimum absolute atomic E-state index is 0.118. The first-order valence-electron chi connectivity index (χ1n) is 10.6. The van der Waals surface area contributed by atoms with E-state index >= 15 is 0 Å². The number of aryl methyl sites for hydroxylation is 2. The summed E-state index contributed by atoms with van der Waals surface area (Å²) in [4.78, 5) is 29.4. The summed E-state index contributed by atoms with van der Waals surface area (Å²) in [5.74, 6) is 0. The molecular weight excluding hydrogens is 485 g/mol. The molecule has 0 aliphatic rings. The summed E-state index contributed by atoms with van der Waals surface area (Å²) in [6.45, 7) is 0. The molecule has 0 saturated heterocycles. The third-order valence-electron chi connectivity index (χ3n) is 6.25. The Kier molecular flexibility index (Phi) is 5.70. The molecule has 0 aliphatic carbocycles. The number of pyridine rings is 1. The Morgan fingerprint density at radius 2 is 1.62 bits per heavy atom. The number of halogens is 2. The predicted molar refractivity (Wildman–Crippen MR) is 141 cm³/mol. The smallest absolute Gasteiger partial charge is 0.303 e. The molecular formula is C26H21Cl2N3O2Si. The van der Waals surface area contributed by atoms with Gasteiger partial charge in [0, 0.05) is 41.8 Å². The molecule has 5 rings (SSSR count). The zero-order valence-corrected chi connectivity index (χ0v) is 21.0. The molecule has 1 atom stereocenters. The summed E-state index contributed by atoms with van der Waals surface area (Å²) in [6, 6.07) is 22.1. The van der Waals surface area contributed by atoms with Crippen molar-refractivity contribution in [1.82, 2.24) is 14.1 Å². The molecule has 170 valence electrons. The molecule has 5 nitrogen and oxygen atoms in total. The van der Waals surface area contributed by atoms with E-state index in [1.54, 1.807) is 48.4 Å². The first kappa shape index (κ1) is 22.6. The molecule has 3 aromatic carbocycles. The molecule has 1 N–H and O–H groups in total. The number of rotatable bonds is 4. The predicted octanol–water partition coefficient (Wildman–Crippen LogP) is 3.21. The quantitative estimate of drug-likeness (QED) is 0.381. The summed E-state index contributed by atoms with van der Waals surface area (Å²) in [5.41, 5.74) is 2.25. The maximum Gasteiger partial charge on any atom is 0.303 e. The van der Waals surface area contributed by atoms with Gasteiger partial charge in [0.1, 0.15) is 0 Å². The molecule has 34 heavy (non-hydrogen) atoms. The van der Waals surface area contributed by atoms with Crippen LogP contribution >= 0.6 is 23.2 Å². The van der Waals surface area contributed by atoms with E-state index < -0.39 is 8.32 Å². The molecule has 0 aliphatic heterocycles. The maximum atomic E-state index is 12.7. The molecule has 2 aromatic heterocycles. The highest BCUT2D eigenvalue weighted by Crippen LogP contribution is 2.28. The SMILES string of the molecule is Cn1cncc1[Si@@](O)(c1ccc(Cl)cc1)c1ccc2c(c1)c(-c1cccc(Cl)c1)cc(=O)n2C. The third kappa shape index (κ3) is 3.69. The van der Waals surface area contributed by atoms with Crippen LogP contribution in [0.2, 0.25) is 10.0 Å². The topological polar surface area (TPSA) is 60.0 Å². The van der Waals surface area contributed by atoms with E-state index in [9.17, 15) is 9.59 Å². The first-order valence-corrected chi connectivity index (χ1v) is 13.3. The van der Waals surface area contributed by atoms with Crippen LogP contribution in [0, 0.1) is 0 Å². The van der Waals surface area contributed by atoms with Gasteiger partial charge in [0.25, 0.3) is 5.56 Å². The highest BCUT2D eigenvalue weighted by atomic mass is 35.5. The lowest BCUT2D eigenvalue weighted by atomic mass is 10.0. The van der Waals surface area contributed by atoms with Crippen molar-refractivity contribution in [2.24, 2.45) is 14.1 Å². The van der Waals surface area contributed by atoms with Gasteiger partial charge in [-0.3, -0.25) is 4.79 Å². The fourth-order valence-electron chi connectivity index (χ4n) is 4.44. The molecule has 8 heteroatoms. The number of aromatic nitrogens is 3. The molecule has 0 bridgehead atoms. The molecule has 0 fully saturated rings. The van der Waals surface area contributed by atoms with Gasteiger partial charge >= 0.3 is 8.32 Å². The van der Waals surface area contributed by atoms with Gasteiger partial charge in [-0.1, -0.05) is 53.5 Å². The van der Waals surface area contributed by atoms with Crippen molar-refractivity contribution >= 4 is 58.1 Å². The standard InChI is InChI=1S/C26H21Cl2N3O2Si/c1-30-16-29-15-26(30)34(33,20-8-6-18(27)7-9-20)21-10-11-24-23(13-21)22(14-25(32)31(24)2)17-4-3-5-19(28)12-17/h3-16,33H,1-2H3/t34-/m1/s1. The zero-order valence-electron chi connectivity index (χ0n) is 18.5. The average molecular weight is 506 g/mol. The van der Waals surface area contributed by atoms with Gasteiger partial charge < -0.3 is 13.9 Å². The summed E-state index contributed by atoms with van der Waals surface area (Å²) in [7, 11) is 0.172. The van der Waals surface area contributed by atoms with Crippen LogP contribution in [0.25, 0.3) is 22.0 Å². The highest BCUT2D eigenvalue weighted by molar-refractivity contribution is 7.05. The average Bonchev–Trinajstić information content (AvgIpc) is 3.27. The van der Waals surface area contributed by atoms with Crippen LogP contribution in [0.15, 0.2) is 90.1 Å². The molecule has 2 heterocycles. The molecule has 0 unspecified atom stereocenters. The minimum Gasteiger partial charge on any atom is -0.420 e. The van der Waals surface area contributed by atoms with E-state index in [-0.39, 0.29) is 5.56 Å². The second-order valence-electron chi connectivity index (χ2n) is 8.30. The van der Waals surface area contributed by atoms with Gasteiger partial charge in [-0.15, -0.1) is 0 Å². The van der Waals surface area contributed by atoms with Crippen LogP contribution in [-0.4, -0.2) is 27.2 Å². The minimum atomic E-state index is -3.45. The second-order valence-corrected chi connectivity index (χ2v) is 12.3. The van der Waals surface area contributed by atoms with Gasteiger partial charge in [0.05, 0.1) is 17.2 Å². The fourth-order valence-corrected chi connectivity index (χ4v) is 7.84. The molecule has 0 spiro atoms. The molecule has 0 amide bonds. The zero-order chi connectivity index (χ0) is 24.0. The Hall–Kier alpha value is -3.16. The number of nitrogens with zero attached hydrogens (tertiary/aromatic N) is 3. The van der Waals surface area contributed by atoms with Crippen molar-refractivity contribution in [3.05, 3.63) is 106 Å². The van der Waals surface area contributed by atoms with Crippen LogP contribution in [-0.2, 0) is 14.1 Å². The third-order valence-corrected chi connectivity index (χ3v) is 10.3. The van der Waals surface area contributed by atoms with Crippen molar-refractivity contribution in [2.45, 2.75) is 0 Å². The Bertz CT molecular complexity index is 1590. The normalized spacial score (nSPS) is 13.2. The van der Waals surface area contributed by atoms with Crippen LogP contribution in [0.3, 0.4) is 0 Å². The van der Waals surface area contributed by atoms with E-state index in [1.165, 1.54) is 0 Å². The Balaban J connectivity index is 1.84. The van der Waals surface area contributed by atoms with Gasteiger partial charge in [0.15, 0.2) is 0 Å².